The number of aliphatic hydroxyl groups is 1. The van der Waals surface area contributed by atoms with Gasteiger partial charge in [-0.05, 0) is 25.7 Å². The Kier molecular flexibility index (Phi) is 14.9. The molecule has 51 heavy (non-hydrogen) atoms. The zero-order chi connectivity index (χ0) is 36.0. The molecule has 0 bridgehead atoms. The standard InChI is InChI=1S/C33H34NSe.C13H24O2.Ir/c1-21-24(20-33(2,3)4)14-15-27-28-16-17-34-30(32(28)35-31(21)27)25-18-23-12-8-9-13-26(23)29(19-25)22-10-6-5-7-11-22;1-5-10(6-2)12(14)9-13(15)11(7-3)8-4;/h8-9,12-17,19,22H,5-7,10-11,20H2,1-4H3;9-11,14H,5-8H2,1-4H3;/q-1;;/b;12-9-;. The van der Waals surface area contributed by atoms with Crippen molar-refractivity contribution in [3.05, 3.63) is 89.3 Å². The molecule has 0 saturated heterocycles. The third kappa shape index (κ3) is 9.71. The first-order chi connectivity index (χ1) is 24.0. The average Bonchev–Trinajstić information content (AvgIpc) is 3.50. The van der Waals surface area contributed by atoms with Gasteiger partial charge < -0.3 is 5.11 Å². The predicted molar refractivity (Wildman–Crippen MR) is 216 cm³/mol. The molecular formula is C46H58IrNO2Se-. The van der Waals surface area contributed by atoms with Gasteiger partial charge in [0.15, 0.2) is 5.78 Å². The number of aryl methyl sites for hydroxylation is 1. The third-order valence-corrected chi connectivity index (χ3v) is 13.7. The Morgan fingerprint density at radius 1 is 0.902 bits per heavy atom. The van der Waals surface area contributed by atoms with Crippen molar-refractivity contribution in [1.82, 2.24) is 4.98 Å². The van der Waals surface area contributed by atoms with Gasteiger partial charge in [-0.25, -0.2) is 0 Å². The second-order valence-corrected chi connectivity index (χ2v) is 17.8. The van der Waals surface area contributed by atoms with Crippen molar-refractivity contribution in [3.63, 3.8) is 0 Å². The summed E-state index contributed by atoms with van der Waals surface area (Å²) in [7, 11) is 0. The van der Waals surface area contributed by atoms with Gasteiger partial charge in [-0.3, -0.25) is 4.79 Å². The summed E-state index contributed by atoms with van der Waals surface area (Å²) in [5.74, 6) is 1.20. The molecule has 5 aromatic rings. The molecule has 1 radical (unpaired) electrons. The van der Waals surface area contributed by atoms with Gasteiger partial charge in [0, 0.05) is 38.0 Å². The van der Waals surface area contributed by atoms with E-state index in [2.05, 4.69) is 82.3 Å². The molecule has 2 aromatic heterocycles. The number of benzene rings is 3. The molecule has 0 spiro atoms. The first-order valence-corrected chi connectivity index (χ1v) is 20.9. The molecule has 3 nitrogen and oxygen atoms in total. The Hall–Kier alpha value is -2.55. The second kappa shape index (κ2) is 18.5. The Balaban J connectivity index is 0.000000312. The molecule has 0 amide bonds. The van der Waals surface area contributed by atoms with E-state index >= 15 is 0 Å². The summed E-state index contributed by atoms with van der Waals surface area (Å²) < 4.78 is 2.99. The minimum Gasteiger partial charge on any atom is 0 e. The maximum Gasteiger partial charge on any atom is 0 e. The van der Waals surface area contributed by atoms with Crippen LogP contribution in [0.5, 0.6) is 0 Å². The van der Waals surface area contributed by atoms with E-state index in [9.17, 15) is 9.90 Å². The first kappa shape index (κ1) is 41.2. The molecule has 2 heterocycles. The van der Waals surface area contributed by atoms with E-state index in [0.29, 0.717) is 11.3 Å². The topological polar surface area (TPSA) is 50.2 Å². The SMILES string of the molecule is CCC(CC)C(=O)/C=C(\O)C(CC)CC.Cc1c(CC(C)(C)C)ccc2c1[se]c1c(-c3[c-]c4ccccc4c(C4CCCCC4)c3)nccc12.[Ir]. The van der Waals surface area contributed by atoms with Crippen molar-refractivity contribution in [3.8, 4) is 11.3 Å². The largest absolute Gasteiger partial charge is 0 e. The summed E-state index contributed by atoms with van der Waals surface area (Å²) in [4.78, 5) is 16.7. The van der Waals surface area contributed by atoms with E-state index in [0.717, 1.165) is 37.8 Å². The van der Waals surface area contributed by atoms with Crippen LogP contribution in [0.25, 0.3) is 41.3 Å². The number of ketones is 1. The van der Waals surface area contributed by atoms with Crippen molar-refractivity contribution in [2.24, 2.45) is 17.3 Å². The number of aromatic nitrogens is 1. The zero-order valence-electron chi connectivity index (χ0n) is 32.1. The fourth-order valence-electron chi connectivity index (χ4n) is 7.81. The molecule has 1 fully saturated rings. The van der Waals surface area contributed by atoms with Crippen LogP contribution in [0.4, 0.5) is 0 Å². The number of aliphatic hydroxyl groups excluding tert-OH is 1. The van der Waals surface area contributed by atoms with Crippen molar-refractivity contribution in [2.75, 3.05) is 0 Å². The summed E-state index contributed by atoms with van der Waals surface area (Å²) in [5, 5.41) is 15.2. The molecule has 0 atom stereocenters. The van der Waals surface area contributed by atoms with Crippen LogP contribution in [0.15, 0.2) is 66.6 Å². The van der Waals surface area contributed by atoms with Crippen molar-refractivity contribution in [1.29, 1.82) is 0 Å². The number of carbonyl (C=O) groups is 1. The molecule has 6 rings (SSSR count). The maximum absolute atomic E-state index is 11.7. The molecule has 1 aliphatic carbocycles. The first-order valence-electron chi connectivity index (χ1n) is 19.2. The minimum atomic E-state index is 0. The Morgan fingerprint density at radius 3 is 2.20 bits per heavy atom. The fraction of sp³-hybridized carbons (Fsp3) is 0.478. The van der Waals surface area contributed by atoms with Gasteiger partial charge >= 0.3 is 216 Å². The molecule has 1 saturated carbocycles. The minimum absolute atomic E-state index is 0. The van der Waals surface area contributed by atoms with Gasteiger partial charge in [0.25, 0.3) is 0 Å². The molecule has 3 aromatic carbocycles. The van der Waals surface area contributed by atoms with Gasteiger partial charge in [-0.2, -0.15) is 0 Å². The van der Waals surface area contributed by atoms with Crippen LogP contribution >= 0.6 is 0 Å². The van der Waals surface area contributed by atoms with Crippen LogP contribution in [0.1, 0.15) is 129 Å². The van der Waals surface area contributed by atoms with Crippen LogP contribution in [0.2, 0.25) is 0 Å². The van der Waals surface area contributed by atoms with Gasteiger partial charge in [-0.1, -0.05) is 27.7 Å². The van der Waals surface area contributed by atoms with E-state index in [1.165, 1.54) is 86.2 Å². The quantitative estimate of drug-likeness (QED) is 0.0657. The molecular weight excluding hydrogens is 870 g/mol. The number of pyridine rings is 1. The Morgan fingerprint density at radius 2 is 1.55 bits per heavy atom. The van der Waals surface area contributed by atoms with E-state index in [1.807, 2.05) is 33.9 Å². The number of fused-ring (bicyclic) bond motifs is 4. The van der Waals surface area contributed by atoms with E-state index in [1.54, 1.807) is 4.26 Å². The molecule has 0 aliphatic heterocycles. The van der Waals surface area contributed by atoms with Crippen LogP contribution in [0.3, 0.4) is 0 Å². The Bertz CT molecular complexity index is 1950. The van der Waals surface area contributed by atoms with E-state index in [4.69, 9.17) is 4.98 Å². The maximum atomic E-state index is 11.7. The predicted octanol–water partition coefficient (Wildman–Crippen LogP) is 12.9. The third-order valence-electron chi connectivity index (χ3n) is 10.8. The summed E-state index contributed by atoms with van der Waals surface area (Å²) in [6.07, 6.45) is 14.7. The van der Waals surface area contributed by atoms with Gasteiger partial charge in [0.1, 0.15) is 0 Å². The monoisotopic (exact) mass is 929 g/mol. The molecule has 1 N–H and O–H groups in total. The van der Waals surface area contributed by atoms with Crippen LogP contribution in [-0.4, -0.2) is 30.4 Å². The summed E-state index contributed by atoms with van der Waals surface area (Å²) >= 11 is 0.261. The zero-order valence-corrected chi connectivity index (χ0v) is 36.2. The number of nitrogens with zero attached hydrogens (tertiary/aromatic N) is 1. The Labute approximate surface area is 326 Å². The summed E-state index contributed by atoms with van der Waals surface area (Å²) in [6.45, 7) is 17.4. The summed E-state index contributed by atoms with van der Waals surface area (Å²) in [6, 6.07) is 22.1. The molecule has 5 heteroatoms. The second-order valence-electron chi connectivity index (χ2n) is 15.6. The number of hydrogen-bond donors (Lipinski definition) is 1. The normalized spacial score (nSPS) is 14.3. The number of allylic oxidation sites excluding steroid dienone is 2. The van der Waals surface area contributed by atoms with Crippen LogP contribution < -0.4 is 0 Å². The van der Waals surface area contributed by atoms with Crippen molar-refractivity contribution in [2.45, 2.75) is 126 Å². The van der Waals surface area contributed by atoms with Crippen molar-refractivity contribution >= 4 is 50.4 Å². The number of carbonyl (C=O) groups excluding carboxylic acids is 1. The fourth-order valence-corrected chi connectivity index (χ4v) is 10.6. The molecule has 275 valence electrons. The van der Waals surface area contributed by atoms with Gasteiger partial charge in [0.2, 0.25) is 0 Å². The van der Waals surface area contributed by atoms with Crippen LogP contribution in [0, 0.1) is 30.2 Å². The number of hydrogen-bond acceptors (Lipinski definition) is 3. The smallest absolute Gasteiger partial charge is 0 e. The molecule has 1 aliphatic rings. The van der Waals surface area contributed by atoms with Gasteiger partial charge in [0.05, 0.1) is 5.76 Å². The van der Waals surface area contributed by atoms with Crippen molar-refractivity contribution < 1.29 is 30.0 Å². The van der Waals surface area contributed by atoms with E-state index in [-0.39, 0.29) is 58.0 Å². The van der Waals surface area contributed by atoms with E-state index < -0.39 is 0 Å². The summed E-state index contributed by atoms with van der Waals surface area (Å²) in [5.41, 5.74) is 7.13. The molecule has 0 unspecified atom stereocenters. The van der Waals surface area contributed by atoms with Crippen LogP contribution in [-0.2, 0) is 31.3 Å². The average molecular weight is 928 g/mol. The van der Waals surface area contributed by atoms with Gasteiger partial charge in [-0.15, -0.1) is 0 Å². The number of rotatable bonds is 10.